The van der Waals surface area contributed by atoms with Crippen LogP contribution in [0, 0.1) is 0 Å². The lowest BCUT2D eigenvalue weighted by molar-refractivity contribution is -0.116. The van der Waals surface area contributed by atoms with E-state index in [1.807, 2.05) is 24.3 Å². The number of carbonyl (C=O) groups excluding carboxylic acids is 1. The van der Waals surface area contributed by atoms with Gasteiger partial charge in [0.1, 0.15) is 5.75 Å². The van der Waals surface area contributed by atoms with E-state index < -0.39 is 10.0 Å². The number of hydrogen-bond donors (Lipinski definition) is 1. The molecule has 1 fully saturated rings. The van der Waals surface area contributed by atoms with Crippen LogP contribution < -0.4 is 15.0 Å². The van der Waals surface area contributed by atoms with Crippen LogP contribution in [0.1, 0.15) is 18.4 Å². The van der Waals surface area contributed by atoms with E-state index in [1.165, 1.54) is 4.31 Å². The number of amides is 1. The largest absolute Gasteiger partial charge is 0.497 e. The van der Waals surface area contributed by atoms with Gasteiger partial charge in [-0.3, -0.25) is 4.79 Å². The van der Waals surface area contributed by atoms with Crippen LogP contribution in [0.5, 0.6) is 5.75 Å². The van der Waals surface area contributed by atoms with Crippen molar-refractivity contribution in [3.63, 3.8) is 0 Å². The molecular weight excluding hydrogens is 378 g/mol. The van der Waals surface area contributed by atoms with Gasteiger partial charge in [0.15, 0.2) is 0 Å². The van der Waals surface area contributed by atoms with Crippen molar-refractivity contribution in [2.45, 2.75) is 17.7 Å². The monoisotopic (exact) mass is 401 g/mol. The van der Waals surface area contributed by atoms with Crippen molar-refractivity contribution in [2.75, 3.05) is 43.5 Å². The zero-order valence-corrected chi connectivity index (χ0v) is 16.7. The molecule has 0 bridgehead atoms. The molecule has 2 heterocycles. The van der Waals surface area contributed by atoms with Gasteiger partial charge >= 0.3 is 0 Å². The lowest BCUT2D eigenvalue weighted by atomic mass is 10.0. The first kappa shape index (κ1) is 18.8. The molecule has 148 valence electrons. The van der Waals surface area contributed by atoms with Gasteiger partial charge in [0.2, 0.25) is 15.9 Å². The van der Waals surface area contributed by atoms with E-state index in [0.29, 0.717) is 31.9 Å². The minimum atomic E-state index is -3.60. The first-order valence-corrected chi connectivity index (χ1v) is 10.7. The van der Waals surface area contributed by atoms with Crippen molar-refractivity contribution in [2.24, 2.45) is 0 Å². The maximum atomic E-state index is 13.1. The van der Waals surface area contributed by atoms with Crippen LogP contribution in [0.2, 0.25) is 0 Å². The molecule has 1 amide bonds. The van der Waals surface area contributed by atoms with Gasteiger partial charge in [-0.2, -0.15) is 4.31 Å². The number of methoxy groups -OCH3 is 1. The molecule has 1 atom stereocenters. The Morgan fingerprint density at radius 1 is 1.07 bits per heavy atom. The van der Waals surface area contributed by atoms with Crippen molar-refractivity contribution in [3.05, 3.63) is 48.0 Å². The van der Waals surface area contributed by atoms with Crippen LogP contribution in [-0.4, -0.2) is 51.9 Å². The Hall–Kier alpha value is -2.58. The summed E-state index contributed by atoms with van der Waals surface area (Å²) in [5.74, 6) is 0.342. The minimum Gasteiger partial charge on any atom is -0.497 e. The summed E-state index contributed by atoms with van der Waals surface area (Å²) in [6, 6.07) is 12.6. The fraction of sp³-hybridized carbons (Fsp3) is 0.350. The van der Waals surface area contributed by atoms with Crippen LogP contribution in [0.4, 0.5) is 11.4 Å². The van der Waals surface area contributed by atoms with Gasteiger partial charge in [0.05, 0.1) is 17.9 Å². The number of sulfonamides is 1. The number of carbonyl (C=O) groups is 1. The first-order chi connectivity index (χ1) is 13.4. The Morgan fingerprint density at radius 2 is 1.82 bits per heavy atom. The lowest BCUT2D eigenvalue weighted by Crippen LogP contribution is -2.48. The second kappa shape index (κ2) is 7.10. The van der Waals surface area contributed by atoms with E-state index in [1.54, 1.807) is 32.2 Å². The van der Waals surface area contributed by atoms with Crippen LogP contribution in [0.25, 0.3) is 0 Å². The number of benzene rings is 2. The van der Waals surface area contributed by atoms with Crippen LogP contribution >= 0.6 is 0 Å². The predicted molar refractivity (Wildman–Crippen MR) is 107 cm³/mol. The standard InChI is InChI=1S/C20H23N3O4S/c1-14-18-13-17(6-7-19(18)21-20(14)24)28(25,26)23-10-8-22(9-11-23)15-4-3-5-16(12-15)27-2/h3-7,12-14H,8-11H2,1-2H3,(H,21,24)/t14-/m0/s1. The molecule has 0 aromatic heterocycles. The Labute approximate surface area is 165 Å². The van der Waals surface area contributed by atoms with Crippen molar-refractivity contribution < 1.29 is 17.9 Å². The quantitative estimate of drug-likeness (QED) is 0.850. The summed E-state index contributed by atoms with van der Waals surface area (Å²) in [7, 11) is -1.97. The second-order valence-corrected chi connectivity index (χ2v) is 8.99. The molecule has 0 spiro atoms. The highest BCUT2D eigenvalue weighted by molar-refractivity contribution is 7.89. The van der Waals surface area contributed by atoms with Gasteiger partial charge in [-0.15, -0.1) is 0 Å². The van der Waals surface area contributed by atoms with Crippen molar-refractivity contribution in [1.29, 1.82) is 0 Å². The molecule has 4 rings (SSSR count). The average Bonchev–Trinajstić information content (AvgIpc) is 3.01. The third kappa shape index (κ3) is 3.22. The van der Waals surface area contributed by atoms with Crippen molar-refractivity contribution in [3.8, 4) is 5.75 Å². The maximum absolute atomic E-state index is 13.1. The minimum absolute atomic E-state index is 0.101. The van der Waals surface area contributed by atoms with E-state index in [-0.39, 0.29) is 16.7 Å². The molecule has 1 N–H and O–H groups in total. The summed E-state index contributed by atoms with van der Waals surface area (Å²) in [6.45, 7) is 3.80. The normalized spacial score (nSPS) is 20.0. The van der Waals surface area contributed by atoms with E-state index in [9.17, 15) is 13.2 Å². The molecule has 2 aromatic carbocycles. The van der Waals surface area contributed by atoms with Gasteiger partial charge in [0.25, 0.3) is 0 Å². The van der Waals surface area contributed by atoms with E-state index in [2.05, 4.69) is 10.2 Å². The molecular formula is C20H23N3O4S. The highest BCUT2D eigenvalue weighted by Crippen LogP contribution is 2.34. The molecule has 2 aliphatic heterocycles. The molecule has 0 aliphatic carbocycles. The summed E-state index contributed by atoms with van der Waals surface area (Å²) >= 11 is 0. The highest BCUT2D eigenvalue weighted by Gasteiger charge is 2.32. The number of fused-ring (bicyclic) bond motifs is 1. The lowest BCUT2D eigenvalue weighted by Gasteiger charge is -2.35. The topological polar surface area (TPSA) is 79.0 Å². The first-order valence-electron chi connectivity index (χ1n) is 9.24. The zero-order valence-electron chi connectivity index (χ0n) is 15.9. The number of hydrogen-bond acceptors (Lipinski definition) is 5. The second-order valence-electron chi connectivity index (χ2n) is 7.05. The van der Waals surface area contributed by atoms with Crippen molar-refractivity contribution in [1.82, 2.24) is 4.31 Å². The number of nitrogens with one attached hydrogen (secondary N) is 1. The molecule has 8 heteroatoms. The van der Waals surface area contributed by atoms with Crippen LogP contribution in [0.15, 0.2) is 47.4 Å². The maximum Gasteiger partial charge on any atom is 0.243 e. The number of nitrogens with zero attached hydrogens (tertiary/aromatic N) is 2. The number of ether oxygens (including phenoxy) is 1. The number of piperazine rings is 1. The Balaban J connectivity index is 1.50. The Morgan fingerprint density at radius 3 is 2.54 bits per heavy atom. The predicted octanol–water partition coefficient (Wildman–Crippen LogP) is 2.26. The third-order valence-electron chi connectivity index (χ3n) is 5.44. The Kier molecular flexibility index (Phi) is 4.76. The smallest absolute Gasteiger partial charge is 0.243 e. The molecule has 1 saturated heterocycles. The summed E-state index contributed by atoms with van der Waals surface area (Å²) in [5, 5.41) is 2.77. The zero-order chi connectivity index (χ0) is 19.9. The molecule has 2 aliphatic rings. The van der Waals surface area contributed by atoms with Crippen molar-refractivity contribution >= 4 is 27.3 Å². The van der Waals surface area contributed by atoms with Crippen LogP contribution in [-0.2, 0) is 14.8 Å². The summed E-state index contributed by atoms with van der Waals surface area (Å²) in [4.78, 5) is 14.2. The number of rotatable bonds is 4. The fourth-order valence-electron chi connectivity index (χ4n) is 3.70. The van der Waals surface area contributed by atoms with Gasteiger partial charge in [0, 0.05) is 43.6 Å². The van der Waals surface area contributed by atoms with E-state index >= 15 is 0 Å². The summed E-state index contributed by atoms with van der Waals surface area (Å²) in [5.41, 5.74) is 2.45. The van der Waals surface area contributed by atoms with E-state index in [4.69, 9.17) is 4.74 Å². The Bertz CT molecular complexity index is 1010. The van der Waals surface area contributed by atoms with Crippen LogP contribution in [0.3, 0.4) is 0 Å². The van der Waals surface area contributed by atoms with Gasteiger partial charge in [-0.1, -0.05) is 6.07 Å². The summed E-state index contributed by atoms with van der Waals surface area (Å²) < 4.78 is 33.0. The number of anilines is 2. The van der Waals surface area contributed by atoms with Gasteiger partial charge in [-0.25, -0.2) is 8.42 Å². The van der Waals surface area contributed by atoms with Gasteiger partial charge < -0.3 is 15.0 Å². The molecule has 0 saturated carbocycles. The molecule has 2 aromatic rings. The fourth-order valence-corrected chi connectivity index (χ4v) is 5.16. The SMILES string of the molecule is COc1cccc(N2CCN(S(=O)(=O)c3ccc4c(c3)[C@H](C)C(=O)N4)CC2)c1. The molecule has 0 radical (unpaired) electrons. The highest BCUT2D eigenvalue weighted by atomic mass is 32.2. The van der Waals surface area contributed by atoms with E-state index in [0.717, 1.165) is 17.0 Å². The molecule has 7 nitrogen and oxygen atoms in total. The average molecular weight is 401 g/mol. The molecule has 0 unspecified atom stereocenters. The molecule has 28 heavy (non-hydrogen) atoms. The third-order valence-corrected chi connectivity index (χ3v) is 7.33. The summed E-state index contributed by atoms with van der Waals surface area (Å²) in [6.07, 6.45) is 0. The van der Waals surface area contributed by atoms with Gasteiger partial charge in [-0.05, 0) is 42.8 Å².